The van der Waals surface area contributed by atoms with Crippen LogP contribution in [0, 0.1) is 0 Å². The van der Waals surface area contributed by atoms with Crippen molar-refractivity contribution in [3.05, 3.63) is 76.9 Å². The van der Waals surface area contributed by atoms with Crippen molar-refractivity contribution in [2.24, 2.45) is 0 Å². The summed E-state index contributed by atoms with van der Waals surface area (Å²) < 4.78 is 6.44. The van der Waals surface area contributed by atoms with Gasteiger partial charge in [0.05, 0.1) is 5.56 Å². The zero-order chi connectivity index (χ0) is 19.5. The van der Waals surface area contributed by atoms with E-state index in [-0.39, 0.29) is 11.0 Å². The number of carbonyl (C=O) groups excluding carboxylic acids is 1. The summed E-state index contributed by atoms with van der Waals surface area (Å²) in [6.07, 6.45) is 1.67. The van der Waals surface area contributed by atoms with E-state index in [0.717, 1.165) is 5.56 Å². The fourth-order valence-corrected chi connectivity index (χ4v) is 3.28. The van der Waals surface area contributed by atoms with Crippen molar-refractivity contribution in [3.8, 4) is 11.5 Å². The largest absolute Gasteiger partial charge is 0.434 e. The lowest BCUT2D eigenvalue weighted by atomic mass is 10.2. The summed E-state index contributed by atoms with van der Waals surface area (Å²) in [6.45, 7) is 0. The molecule has 2 heterocycles. The van der Waals surface area contributed by atoms with Gasteiger partial charge in [0.15, 0.2) is 16.3 Å². The third kappa shape index (κ3) is 3.92. The molecule has 1 amide bonds. The molecule has 138 valence electrons. The molecule has 0 radical (unpaired) electrons. The van der Waals surface area contributed by atoms with E-state index in [0.29, 0.717) is 32.8 Å². The van der Waals surface area contributed by atoms with Crippen LogP contribution in [0.1, 0.15) is 10.4 Å². The minimum absolute atomic E-state index is 0.192. The number of hydrogen-bond acceptors (Lipinski definition) is 5. The van der Waals surface area contributed by atoms with Crippen molar-refractivity contribution in [2.45, 2.75) is 0 Å². The quantitative estimate of drug-likeness (QED) is 0.435. The van der Waals surface area contributed by atoms with Gasteiger partial charge in [-0.25, -0.2) is 4.98 Å². The summed E-state index contributed by atoms with van der Waals surface area (Å²) in [5, 5.41) is 5.87. The van der Waals surface area contributed by atoms with Crippen LogP contribution >= 0.6 is 28.1 Å². The van der Waals surface area contributed by atoms with E-state index in [1.807, 2.05) is 36.4 Å². The maximum atomic E-state index is 12.4. The fourth-order valence-electron chi connectivity index (χ4n) is 2.60. The number of pyridine rings is 1. The highest BCUT2D eigenvalue weighted by atomic mass is 79.9. The summed E-state index contributed by atoms with van der Waals surface area (Å²) in [5.74, 6) is 0.159. The molecule has 0 aliphatic carbocycles. The van der Waals surface area contributed by atoms with Gasteiger partial charge in [-0.05, 0) is 70.6 Å². The first-order valence-corrected chi connectivity index (χ1v) is 9.49. The molecule has 6 nitrogen and oxygen atoms in total. The molecule has 2 aromatic carbocycles. The molecule has 4 aromatic rings. The molecule has 0 saturated carbocycles. The van der Waals surface area contributed by atoms with Crippen LogP contribution in [0.25, 0.3) is 22.7 Å². The maximum absolute atomic E-state index is 12.4. The molecule has 0 aliphatic heterocycles. The minimum atomic E-state index is -0.300. The van der Waals surface area contributed by atoms with Crippen LogP contribution < -0.4 is 10.6 Å². The molecule has 0 unspecified atom stereocenters. The predicted molar refractivity (Wildman–Crippen MR) is 115 cm³/mol. The number of oxazole rings is 1. The van der Waals surface area contributed by atoms with Crippen molar-refractivity contribution in [2.75, 3.05) is 5.32 Å². The van der Waals surface area contributed by atoms with Gasteiger partial charge in [0.1, 0.15) is 0 Å². The molecule has 28 heavy (non-hydrogen) atoms. The number of carbonyl (C=O) groups is 1. The van der Waals surface area contributed by atoms with Gasteiger partial charge < -0.3 is 9.73 Å². The third-order valence-corrected chi connectivity index (χ3v) is 4.77. The Hall–Kier alpha value is -3.10. The highest BCUT2D eigenvalue weighted by molar-refractivity contribution is 9.10. The first-order chi connectivity index (χ1) is 13.6. The Labute approximate surface area is 174 Å². The van der Waals surface area contributed by atoms with E-state index < -0.39 is 0 Å². The Morgan fingerprint density at radius 2 is 1.93 bits per heavy atom. The number of halogens is 1. The highest BCUT2D eigenvalue weighted by Gasteiger charge is 2.12. The molecule has 0 atom stereocenters. The Morgan fingerprint density at radius 3 is 2.75 bits per heavy atom. The van der Waals surface area contributed by atoms with E-state index in [2.05, 4.69) is 36.5 Å². The molecule has 0 saturated heterocycles. The summed E-state index contributed by atoms with van der Waals surface area (Å²) in [4.78, 5) is 20.9. The third-order valence-electron chi connectivity index (χ3n) is 3.88. The fraction of sp³-hybridized carbons (Fsp3) is 0. The Kier molecular flexibility index (Phi) is 5.14. The lowest BCUT2D eigenvalue weighted by Gasteiger charge is -2.11. The molecule has 0 spiro atoms. The van der Waals surface area contributed by atoms with E-state index in [1.54, 1.807) is 30.5 Å². The molecule has 0 aliphatic rings. The molecule has 2 aromatic heterocycles. The van der Waals surface area contributed by atoms with Crippen LogP contribution in [0.2, 0.25) is 0 Å². The van der Waals surface area contributed by atoms with Gasteiger partial charge in [0.25, 0.3) is 5.91 Å². The summed E-state index contributed by atoms with van der Waals surface area (Å²) in [6, 6.07) is 18.1. The van der Waals surface area contributed by atoms with Crippen LogP contribution in [0.15, 0.2) is 75.8 Å². The average Bonchev–Trinajstić information content (AvgIpc) is 3.12. The van der Waals surface area contributed by atoms with Gasteiger partial charge in [0.2, 0.25) is 5.89 Å². The van der Waals surface area contributed by atoms with Crippen molar-refractivity contribution in [3.63, 3.8) is 0 Å². The van der Waals surface area contributed by atoms with Crippen LogP contribution in [0.5, 0.6) is 0 Å². The van der Waals surface area contributed by atoms with Crippen LogP contribution in [-0.2, 0) is 0 Å². The second-order valence-electron chi connectivity index (χ2n) is 5.81. The van der Waals surface area contributed by atoms with Gasteiger partial charge in [0, 0.05) is 21.9 Å². The number of aromatic nitrogens is 2. The van der Waals surface area contributed by atoms with Crippen molar-refractivity contribution < 1.29 is 9.21 Å². The Balaban J connectivity index is 1.49. The first-order valence-electron chi connectivity index (χ1n) is 8.29. The molecule has 0 fully saturated rings. The minimum Gasteiger partial charge on any atom is -0.434 e. The molecule has 2 N–H and O–H groups in total. The molecular weight excluding hydrogens is 440 g/mol. The lowest BCUT2D eigenvalue weighted by Crippen LogP contribution is -2.34. The number of nitrogens with zero attached hydrogens (tertiary/aromatic N) is 2. The van der Waals surface area contributed by atoms with E-state index >= 15 is 0 Å². The molecular formula is C20H13BrN4O2S. The maximum Gasteiger partial charge on any atom is 0.258 e. The highest BCUT2D eigenvalue weighted by Crippen LogP contribution is 2.25. The van der Waals surface area contributed by atoms with Crippen LogP contribution in [0.3, 0.4) is 0 Å². The van der Waals surface area contributed by atoms with Crippen molar-refractivity contribution >= 4 is 56.1 Å². The second kappa shape index (κ2) is 7.87. The number of rotatable bonds is 3. The molecule has 4 rings (SSSR count). The normalized spacial score (nSPS) is 10.6. The van der Waals surface area contributed by atoms with E-state index in [4.69, 9.17) is 16.6 Å². The standard InChI is InChI=1S/C20H13BrN4O2S/c21-15-8-2-1-7-14(15)18(26)25-20(28)23-13-6-3-5-12(11-13)19-24-17-16(27-19)9-4-10-22-17/h1-11H,(H2,23,25,26,28). The number of benzene rings is 2. The SMILES string of the molecule is O=C(NC(=S)Nc1cccc(-c2nc3ncccc3o2)c1)c1ccccc1Br. The van der Waals surface area contributed by atoms with Gasteiger partial charge in [-0.3, -0.25) is 10.1 Å². The Morgan fingerprint density at radius 1 is 1.07 bits per heavy atom. The van der Waals surface area contributed by atoms with E-state index in [9.17, 15) is 4.79 Å². The van der Waals surface area contributed by atoms with Gasteiger partial charge in [-0.2, -0.15) is 4.98 Å². The molecule has 0 bridgehead atoms. The zero-order valence-corrected chi connectivity index (χ0v) is 16.8. The summed E-state index contributed by atoms with van der Waals surface area (Å²) >= 11 is 8.62. The number of fused-ring (bicyclic) bond motifs is 1. The van der Waals surface area contributed by atoms with Gasteiger partial charge in [-0.1, -0.05) is 18.2 Å². The van der Waals surface area contributed by atoms with Gasteiger partial charge >= 0.3 is 0 Å². The number of nitrogens with one attached hydrogen (secondary N) is 2. The van der Waals surface area contributed by atoms with E-state index in [1.165, 1.54) is 0 Å². The lowest BCUT2D eigenvalue weighted by molar-refractivity contribution is 0.0977. The van der Waals surface area contributed by atoms with Crippen molar-refractivity contribution in [1.82, 2.24) is 15.3 Å². The average molecular weight is 453 g/mol. The van der Waals surface area contributed by atoms with Gasteiger partial charge in [-0.15, -0.1) is 0 Å². The number of anilines is 1. The topological polar surface area (TPSA) is 80.0 Å². The monoisotopic (exact) mass is 452 g/mol. The smallest absolute Gasteiger partial charge is 0.258 e. The number of amides is 1. The summed E-state index contributed by atoms with van der Waals surface area (Å²) in [7, 11) is 0. The second-order valence-corrected chi connectivity index (χ2v) is 7.08. The summed E-state index contributed by atoms with van der Waals surface area (Å²) in [5.41, 5.74) is 3.13. The first kappa shape index (κ1) is 18.3. The van der Waals surface area contributed by atoms with Crippen LogP contribution in [-0.4, -0.2) is 21.0 Å². The number of thiocarbonyl (C=S) groups is 1. The predicted octanol–water partition coefficient (Wildman–Crippen LogP) is 4.78. The Bertz CT molecular complexity index is 1160. The number of hydrogen-bond donors (Lipinski definition) is 2. The van der Waals surface area contributed by atoms with Crippen LogP contribution in [0.4, 0.5) is 5.69 Å². The zero-order valence-electron chi connectivity index (χ0n) is 14.3. The van der Waals surface area contributed by atoms with Crippen molar-refractivity contribution in [1.29, 1.82) is 0 Å². The molecule has 8 heteroatoms.